The lowest BCUT2D eigenvalue weighted by Gasteiger charge is -2.46. The van der Waals surface area contributed by atoms with Crippen LogP contribution in [0.25, 0.3) is 0 Å². The van der Waals surface area contributed by atoms with Crippen LogP contribution in [0.3, 0.4) is 0 Å². The van der Waals surface area contributed by atoms with Gasteiger partial charge in [-0.1, -0.05) is 109 Å². The molecule has 1 spiro atoms. The predicted octanol–water partition coefficient (Wildman–Crippen LogP) is 6.89. The largest absolute Gasteiger partial charge is 0.481 e. The second kappa shape index (κ2) is 12.0. The lowest BCUT2D eigenvalue weighted by atomic mass is 9.65. The molecular weight excluding hydrogens is 600 g/mol. The van der Waals surface area contributed by atoms with Crippen LogP contribution >= 0.6 is 0 Å². The number of carbonyl (C=O) groups excluding carboxylic acids is 2. The third-order valence-electron chi connectivity index (χ3n) is 10.3. The summed E-state index contributed by atoms with van der Waals surface area (Å²) in [5.74, 6) is 2.79. The number of amides is 1. The number of nitrogens with zero attached hydrogens (tertiary/aromatic N) is 1. The highest BCUT2D eigenvalue weighted by molar-refractivity contribution is 6.11. The second-order valence-electron chi connectivity index (χ2n) is 13.0. The zero-order valence-electron chi connectivity index (χ0n) is 26.2. The van der Waals surface area contributed by atoms with Gasteiger partial charge in [0.2, 0.25) is 5.91 Å². The SMILES string of the molecule is O=C1O[C@H](c2ccccc2)[C@H](c2ccccc2)N2[C@H]1[C@@H](C(=O)O)[C@]1(C(=O)Nc3ccc(C#CC4=CCCCC4)cc31)[C@H]2c1ccccc1. The molecule has 2 saturated heterocycles. The number of carbonyl (C=O) groups is 3. The predicted molar refractivity (Wildman–Crippen MR) is 181 cm³/mol. The van der Waals surface area contributed by atoms with Crippen molar-refractivity contribution in [2.45, 2.75) is 55.3 Å². The maximum atomic E-state index is 14.7. The number of allylic oxidation sites excluding steroid dienone is 2. The van der Waals surface area contributed by atoms with Crippen molar-refractivity contribution in [2.75, 3.05) is 5.32 Å². The molecule has 3 aliphatic heterocycles. The molecule has 8 rings (SSSR count). The molecule has 7 nitrogen and oxygen atoms in total. The maximum absolute atomic E-state index is 14.7. The lowest BCUT2D eigenvalue weighted by Crippen LogP contribution is -2.52. The average molecular weight is 635 g/mol. The number of esters is 1. The summed E-state index contributed by atoms with van der Waals surface area (Å²) in [5, 5.41) is 14.2. The molecule has 238 valence electrons. The number of carboxylic acids is 1. The molecule has 1 aliphatic carbocycles. The van der Waals surface area contributed by atoms with Crippen LogP contribution in [0.2, 0.25) is 0 Å². The summed E-state index contributed by atoms with van der Waals surface area (Å²) in [6, 6.07) is 31.5. The first-order valence-electron chi connectivity index (χ1n) is 16.5. The standard InChI is InChI=1S/C41H34N2O5/c44-38(45)33-35-39(46)48-36(29-17-9-3-10-18-29)34(28-15-7-2-8-16-28)43(35)37(30-19-11-4-12-20-30)41(33)31-25-27(23-24-32(31)42-40(41)47)22-21-26-13-5-1-6-14-26/h2-4,7-13,15-20,23-25,33-37H,1,5-6,14H2,(H,42,47)(H,44,45)/t33-,34-,35-,36+,37+,41-/m0/s1. The van der Waals surface area contributed by atoms with Crippen molar-refractivity contribution in [3.05, 3.63) is 149 Å². The van der Waals surface area contributed by atoms with Crippen molar-refractivity contribution >= 4 is 23.5 Å². The molecule has 48 heavy (non-hydrogen) atoms. The van der Waals surface area contributed by atoms with Gasteiger partial charge in [-0.2, -0.15) is 0 Å². The number of anilines is 1. The van der Waals surface area contributed by atoms with Crippen LogP contribution in [-0.4, -0.2) is 33.9 Å². The van der Waals surface area contributed by atoms with E-state index in [-0.39, 0.29) is 0 Å². The fraction of sp³-hybridized carbons (Fsp3) is 0.244. The highest BCUT2D eigenvalue weighted by atomic mass is 16.6. The molecule has 2 N–H and O–H groups in total. The van der Waals surface area contributed by atoms with Gasteiger partial charge in [0.25, 0.3) is 0 Å². The summed E-state index contributed by atoms with van der Waals surface area (Å²) in [6.45, 7) is 0. The molecule has 0 aromatic heterocycles. The summed E-state index contributed by atoms with van der Waals surface area (Å²) in [4.78, 5) is 44.7. The van der Waals surface area contributed by atoms with Crippen LogP contribution in [0, 0.1) is 17.8 Å². The van der Waals surface area contributed by atoms with Crippen molar-refractivity contribution in [3.63, 3.8) is 0 Å². The topological polar surface area (TPSA) is 95.9 Å². The van der Waals surface area contributed by atoms with Crippen LogP contribution in [-0.2, 0) is 24.5 Å². The summed E-state index contributed by atoms with van der Waals surface area (Å²) in [5.41, 5.74) is 3.53. The Hall–Kier alpha value is -5.45. The van der Waals surface area contributed by atoms with Gasteiger partial charge < -0.3 is 15.2 Å². The molecule has 4 aromatic carbocycles. The molecule has 0 bridgehead atoms. The minimum atomic E-state index is -1.67. The zero-order valence-corrected chi connectivity index (χ0v) is 26.2. The Morgan fingerprint density at radius 3 is 2.12 bits per heavy atom. The first-order chi connectivity index (χ1) is 23.5. The molecule has 3 heterocycles. The first kappa shape index (κ1) is 29.9. The number of aliphatic carboxylic acids is 1. The number of nitrogens with one attached hydrogen (secondary N) is 1. The minimum Gasteiger partial charge on any atom is -0.481 e. The highest BCUT2D eigenvalue weighted by Gasteiger charge is 2.74. The van der Waals surface area contributed by atoms with Crippen LogP contribution in [0.5, 0.6) is 0 Å². The third-order valence-corrected chi connectivity index (χ3v) is 10.3. The van der Waals surface area contributed by atoms with E-state index in [1.54, 1.807) is 6.07 Å². The Bertz CT molecular complexity index is 2000. The smallest absolute Gasteiger partial charge is 0.325 e. The van der Waals surface area contributed by atoms with Gasteiger partial charge in [0.15, 0.2) is 0 Å². The van der Waals surface area contributed by atoms with E-state index in [9.17, 15) is 19.5 Å². The van der Waals surface area contributed by atoms with Crippen LogP contribution in [0.1, 0.15) is 71.7 Å². The summed E-state index contributed by atoms with van der Waals surface area (Å²) in [6.07, 6.45) is 5.63. The van der Waals surface area contributed by atoms with E-state index in [1.807, 2.05) is 108 Å². The summed E-state index contributed by atoms with van der Waals surface area (Å²) < 4.78 is 6.27. The van der Waals surface area contributed by atoms with Crippen molar-refractivity contribution < 1.29 is 24.2 Å². The van der Waals surface area contributed by atoms with Crippen molar-refractivity contribution in [1.29, 1.82) is 0 Å². The third kappa shape index (κ3) is 4.67. The molecule has 4 aromatic rings. The number of ether oxygens (including phenoxy) is 1. The molecule has 1 amide bonds. The van der Waals surface area contributed by atoms with Crippen molar-refractivity contribution in [2.24, 2.45) is 5.92 Å². The summed E-state index contributed by atoms with van der Waals surface area (Å²) >= 11 is 0. The summed E-state index contributed by atoms with van der Waals surface area (Å²) in [7, 11) is 0. The Kier molecular flexibility index (Phi) is 7.46. The monoisotopic (exact) mass is 634 g/mol. The number of hydrogen-bond donors (Lipinski definition) is 2. The molecule has 6 atom stereocenters. The van der Waals surface area contributed by atoms with Gasteiger partial charge in [-0.3, -0.25) is 19.3 Å². The fourth-order valence-corrected chi connectivity index (χ4v) is 8.39. The van der Waals surface area contributed by atoms with Gasteiger partial charge in [-0.15, -0.1) is 0 Å². The average Bonchev–Trinajstić information content (AvgIpc) is 3.61. The Balaban J connectivity index is 1.39. The van der Waals surface area contributed by atoms with Crippen LogP contribution < -0.4 is 5.32 Å². The second-order valence-corrected chi connectivity index (χ2v) is 13.0. The van der Waals surface area contributed by atoms with E-state index < -0.39 is 53.4 Å². The van der Waals surface area contributed by atoms with Crippen LogP contribution in [0.4, 0.5) is 5.69 Å². The Labute approximate surface area is 279 Å². The van der Waals surface area contributed by atoms with Gasteiger partial charge in [0.1, 0.15) is 23.5 Å². The molecule has 2 fully saturated rings. The van der Waals surface area contributed by atoms with E-state index in [0.717, 1.165) is 47.9 Å². The molecule has 0 saturated carbocycles. The molecule has 0 unspecified atom stereocenters. The van der Waals surface area contributed by atoms with Crippen molar-refractivity contribution in [3.8, 4) is 11.8 Å². The van der Waals surface area contributed by atoms with Gasteiger partial charge >= 0.3 is 11.9 Å². The number of hydrogen-bond acceptors (Lipinski definition) is 5. The highest BCUT2D eigenvalue weighted by Crippen LogP contribution is 2.64. The first-order valence-corrected chi connectivity index (χ1v) is 16.5. The van der Waals surface area contributed by atoms with Gasteiger partial charge in [0, 0.05) is 11.3 Å². The fourth-order valence-electron chi connectivity index (χ4n) is 8.39. The van der Waals surface area contributed by atoms with E-state index in [4.69, 9.17) is 4.74 Å². The Morgan fingerprint density at radius 1 is 0.812 bits per heavy atom. The van der Waals surface area contributed by atoms with E-state index in [1.165, 1.54) is 0 Å². The van der Waals surface area contributed by atoms with Crippen molar-refractivity contribution in [1.82, 2.24) is 4.90 Å². The molecule has 7 heteroatoms. The Morgan fingerprint density at radius 2 is 1.48 bits per heavy atom. The lowest BCUT2D eigenvalue weighted by molar-refractivity contribution is -0.179. The number of fused-ring (bicyclic) bond motifs is 3. The molecule has 0 radical (unpaired) electrons. The van der Waals surface area contributed by atoms with Gasteiger partial charge in [-0.25, -0.2) is 0 Å². The number of carboxylic acid groups (broad SMARTS) is 1. The van der Waals surface area contributed by atoms with Gasteiger partial charge in [-0.05, 0) is 71.7 Å². The zero-order chi connectivity index (χ0) is 32.8. The number of cyclic esters (lactones) is 1. The van der Waals surface area contributed by atoms with Gasteiger partial charge in [0.05, 0.1) is 12.1 Å². The number of morpholine rings is 1. The van der Waals surface area contributed by atoms with E-state index in [2.05, 4.69) is 23.2 Å². The van der Waals surface area contributed by atoms with E-state index in [0.29, 0.717) is 16.8 Å². The normalized spacial score (nSPS) is 27.6. The molecule has 4 aliphatic rings. The maximum Gasteiger partial charge on any atom is 0.325 e. The number of rotatable bonds is 4. The minimum absolute atomic E-state index is 0.455. The quantitative estimate of drug-likeness (QED) is 0.188. The molecular formula is C41H34N2O5. The number of benzene rings is 4. The van der Waals surface area contributed by atoms with E-state index >= 15 is 0 Å². The van der Waals surface area contributed by atoms with Crippen LogP contribution in [0.15, 0.2) is 121 Å².